The minimum Gasteiger partial charge on any atom is -0.346 e. The number of carbonyl (C=O) groups excluding carboxylic acids is 1. The molecule has 1 aliphatic heterocycles. The Bertz CT molecular complexity index is 915. The van der Waals surface area contributed by atoms with Gasteiger partial charge in [0.25, 0.3) is 5.91 Å². The van der Waals surface area contributed by atoms with Crippen molar-refractivity contribution in [3.63, 3.8) is 0 Å². The fourth-order valence-corrected chi connectivity index (χ4v) is 3.80. The van der Waals surface area contributed by atoms with E-state index in [2.05, 4.69) is 22.4 Å². The molecule has 0 unspecified atom stereocenters. The highest BCUT2D eigenvalue weighted by Crippen LogP contribution is 2.16. The van der Waals surface area contributed by atoms with Crippen LogP contribution in [0.15, 0.2) is 12.3 Å². The summed E-state index contributed by atoms with van der Waals surface area (Å²) in [4.78, 5) is 12.4. The lowest BCUT2D eigenvalue weighted by Crippen LogP contribution is -2.37. The van der Waals surface area contributed by atoms with Gasteiger partial charge in [-0.1, -0.05) is 6.92 Å². The molecule has 1 N–H and O–H groups in total. The smallest absolute Gasteiger partial charge is 0.255 e. The Labute approximate surface area is 153 Å². The molecule has 142 valence electrons. The summed E-state index contributed by atoms with van der Waals surface area (Å²) in [5.74, 6) is -0.186. The Morgan fingerprint density at radius 3 is 2.77 bits per heavy atom. The number of hydrogen-bond acceptors (Lipinski definition) is 5. The highest BCUT2D eigenvalue weighted by molar-refractivity contribution is 7.88. The Hall–Kier alpha value is -2.20. The van der Waals surface area contributed by atoms with Gasteiger partial charge in [-0.25, -0.2) is 8.42 Å². The molecule has 10 heteroatoms. The average molecular weight is 380 g/mol. The van der Waals surface area contributed by atoms with Gasteiger partial charge in [0.05, 0.1) is 48.5 Å². The summed E-state index contributed by atoms with van der Waals surface area (Å²) in [6.07, 6.45) is 3.92. The van der Waals surface area contributed by atoms with E-state index in [4.69, 9.17) is 0 Å². The second-order valence-electron chi connectivity index (χ2n) is 6.52. The van der Waals surface area contributed by atoms with E-state index in [9.17, 15) is 13.2 Å². The van der Waals surface area contributed by atoms with Crippen molar-refractivity contribution in [1.82, 2.24) is 29.2 Å². The van der Waals surface area contributed by atoms with Gasteiger partial charge in [-0.3, -0.25) is 14.2 Å². The van der Waals surface area contributed by atoms with Crippen molar-refractivity contribution in [1.29, 1.82) is 0 Å². The van der Waals surface area contributed by atoms with Gasteiger partial charge < -0.3 is 5.32 Å². The molecular formula is C16H24N6O3S. The number of sulfonamides is 1. The lowest BCUT2D eigenvalue weighted by atomic mass is 10.2. The minimum absolute atomic E-state index is 0.186. The number of nitrogens with zero attached hydrogens (tertiary/aromatic N) is 5. The summed E-state index contributed by atoms with van der Waals surface area (Å²) < 4.78 is 28.4. The predicted octanol–water partition coefficient (Wildman–Crippen LogP) is 0.503. The lowest BCUT2D eigenvalue weighted by Gasteiger charge is -2.25. The molecule has 3 rings (SSSR count). The number of hydrogen-bond donors (Lipinski definition) is 1. The Kier molecular flexibility index (Phi) is 5.15. The highest BCUT2D eigenvalue weighted by atomic mass is 32.2. The van der Waals surface area contributed by atoms with Crippen molar-refractivity contribution in [3.8, 4) is 0 Å². The van der Waals surface area contributed by atoms with E-state index >= 15 is 0 Å². The average Bonchev–Trinajstić information content (AvgIpc) is 3.14. The van der Waals surface area contributed by atoms with Crippen LogP contribution in [-0.2, 0) is 36.2 Å². The van der Waals surface area contributed by atoms with Gasteiger partial charge in [0.2, 0.25) is 10.0 Å². The predicted molar refractivity (Wildman–Crippen MR) is 95.9 cm³/mol. The van der Waals surface area contributed by atoms with E-state index in [-0.39, 0.29) is 12.5 Å². The molecule has 3 heterocycles. The molecule has 0 fully saturated rings. The number of fused-ring (bicyclic) bond motifs is 1. The SMILES string of the molecule is CCCn1cc(C(=O)NCc2cc3n(n2)CCN(S(C)(=O)=O)C3)c(C)n1. The topological polar surface area (TPSA) is 102 Å². The van der Waals surface area contributed by atoms with Gasteiger partial charge in [-0.05, 0) is 19.4 Å². The molecule has 0 aromatic carbocycles. The van der Waals surface area contributed by atoms with Gasteiger partial charge in [-0.15, -0.1) is 0 Å². The zero-order valence-corrected chi connectivity index (χ0v) is 16.1. The summed E-state index contributed by atoms with van der Waals surface area (Å²) in [5, 5.41) is 11.6. The summed E-state index contributed by atoms with van der Waals surface area (Å²) in [6.45, 7) is 6.17. The summed E-state index contributed by atoms with van der Waals surface area (Å²) in [6, 6.07) is 1.84. The van der Waals surface area contributed by atoms with Crippen molar-refractivity contribution in [2.45, 2.75) is 46.4 Å². The largest absolute Gasteiger partial charge is 0.346 e. The van der Waals surface area contributed by atoms with Crippen molar-refractivity contribution in [3.05, 3.63) is 34.9 Å². The highest BCUT2D eigenvalue weighted by Gasteiger charge is 2.24. The molecule has 0 spiro atoms. The Morgan fingerprint density at radius 2 is 2.08 bits per heavy atom. The maximum absolute atomic E-state index is 12.4. The number of aromatic nitrogens is 4. The first-order valence-corrected chi connectivity index (χ1v) is 10.5. The summed E-state index contributed by atoms with van der Waals surface area (Å²) in [5.41, 5.74) is 2.80. The third-order valence-electron chi connectivity index (χ3n) is 4.36. The molecule has 26 heavy (non-hydrogen) atoms. The quantitative estimate of drug-likeness (QED) is 0.786. The van der Waals surface area contributed by atoms with Crippen LogP contribution in [-0.4, -0.2) is 51.0 Å². The van der Waals surface area contributed by atoms with Crippen molar-refractivity contribution in [2.75, 3.05) is 12.8 Å². The van der Waals surface area contributed by atoms with Crippen LogP contribution in [0, 0.1) is 6.92 Å². The molecule has 1 amide bonds. The normalized spacial score (nSPS) is 15.0. The van der Waals surface area contributed by atoms with E-state index in [1.807, 2.05) is 13.0 Å². The Balaban J connectivity index is 1.64. The van der Waals surface area contributed by atoms with Gasteiger partial charge in [0.15, 0.2) is 0 Å². The molecule has 0 aliphatic carbocycles. The van der Waals surface area contributed by atoms with Gasteiger partial charge in [-0.2, -0.15) is 14.5 Å². The molecule has 0 bridgehead atoms. The van der Waals surface area contributed by atoms with Crippen LogP contribution in [0.4, 0.5) is 0 Å². The maximum Gasteiger partial charge on any atom is 0.255 e. The molecule has 2 aromatic rings. The second kappa shape index (κ2) is 7.20. The third-order valence-corrected chi connectivity index (χ3v) is 5.61. The maximum atomic E-state index is 12.4. The monoisotopic (exact) mass is 380 g/mol. The van der Waals surface area contributed by atoms with E-state index in [1.54, 1.807) is 15.6 Å². The van der Waals surface area contributed by atoms with Crippen LogP contribution in [0.1, 0.15) is 40.8 Å². The van der Waals surface area contributed by atoms with Crippen LogP contribution < -0.4 is 5.32 Å². The summed E-state index contributed by atoms with van der Waals surface area (Å²) in [7, 11) is -3.22. The number of nitrogens with one attached hydrogen (secondary N) is 1. The van der Waals surface area contributed by atoms with Gasteiger partial charge >= 0.3 is 0 Å². The first kappa shape index (κ1) is 18.6. The third kappa shape index (κ3) is 3.96. The van der Waals surface area contributed by atoms with E-state index in [1.165, 1.54) is 10.6 Å². The molecule has 0 saturated carbocycles. The van der Waals surface area contributed by atoms with Crippen LogP contribution in [0.3, 0.4) is 0 Å². The van der Waals surface area contributed by atoms with Crippen LogP contribution in [0.25, 0.3) is 0 Å². The van der Waals surface area contributed by atoms with Gasteiger partial charge in [0.1, 0.15) is 0 Å². The van der Waals surface area contributed by atoms with E-state index in [0.717, 1.165) is 18.7 Å². The first-order chi connectivity index (χ1) is 12.3. The molecule has 1 aliphatic rings. The lowest BCUT2D eigenvalue weighted by molar-refractivity contribution is 0.0949. The number of aryl methyl sites for hydroxylation is 2. The first-order valence-electron chi connectivity index (χ1n) is 8.61. The second-order valence-corrected chi connectivity index (χ2v) is 8.50. The fourth-order valence-electron chi connectivity index (χ4n) is 3.02. The Morgan fingerprint density at radius 1 is 1.31 bits per heavy atom. The van der Waals surface area contributed by atoms with E-state index < -0.39 is 10.0 Å². The fraction of sp³-hybridized carbons (Fsp3) is 0.562. The number of carbonyl (C=O) groups is 1. The standard InChI is InChI=1S/C16H24N6O3S/c1-4-5-20-11-15(12(2)18-20)16(23)17-9-13-8-14-10-21(26(3,24)25)6-7-22(14)19-13/h8,11H,4-7,9-10H2,1-3H3,(H,17,23). The molecule has 0 atom stereocenters. The minimum atomic E-state index is -3.22. The molecule has 0 saturated heterocycles. The summed E-state index contributed by atoms with van der Waals surface area (Å²) >= 11 is 0. The van der Waals surface area contributed by atoms with Crippen molar-refractivity contribution in [2.24, 2.45) is 0 Å². The number of rotatable bonds is 6. The van der Waals surface area contributed by atoms with Crippen LogP contribution >= 0.6 is 0 Å². The molecule has 0 radical (unpaired) electrons. The van der Waals surface area contributed by atoms with E-state index in [0.29, 0.717) is 36.6 Å². The molecule has 2 aromatic heterocycles. The molecule has 9 nitrogen and oxygen atoms in total. The van der Waals surface area contributed by atoms with Gasteiger partial charge in [0, 0.05) is 19.3 Å². The zero-order chi connectivity index (χ0) is 18.9. The molecular weight excluding hydrogens is 356 g/mol. The van der Waals surface area contributed by atoms with Crippen LogP contribution in [0.5, 0.6) is 0 Å². The van der Waals surface area contributed by atoms with Crippen molar-refractivity contribution >= 4 is 15.9 Å². The van der Waals surface area contributed by atoms with Crippen LogP contribution in [0.2, 0.25) is 0 Å². The number of amides is 1. The van der Waals surface area contributed by atoms with Crippen molar-refractivity contribution < 1.29 is 13.2 Å². The zero-order valence-electron chi connectivity index (χ0n) is 15.3.